The maximum Gasteiger partial charge on any atom is 0.260 e. The Morgan fingerprint density at radius 1 is 1.25 bits per heavy atom. The predicted molar refractivity (Wildman–Crippen MR) is 131 cm³/mol. The molecule has 1 amide bonds. The van der Waals surface area contributed by atoms with E-state index < -0.39 is 0 Å². The summed E-state index contributed by atoms with van der Waals surface area (Å²) in [6, 6.07) is 11.2. The minimum absolute atomic E-state index is 0.0248. The molecular formula is C25H29ClN2O3S. The van der Waals surface area contributed by atoms with E-state index in [1.54, 1.807) is 4.90 Å². The van der Waals surface area contributed by atoms with Gasteiger partial charge in [-0.2, -0.15) is 0 Å². The van der Waals surface area contributed by atoms with Gasteiger partial charge in [0.05, 0.1) is 29.5 Å². The van der Waals surface area contributed by atoms with E-state index in [0.29, 0.717) is 28.9 Å². The fourth-order valence-electron chi connectivity index (χ4n) is 3.84. The lowest BCUT2D eigenvalue weighted by molar-refractivity contribution is 0.0917. The van der Waals surface area contributed by atoms with Crippen LogP contribution in [0, 0.1) is 6.92 Å². The van der Waals surface area contributed by atoms with E-state index >= 15 is 0 Å². The standard InChI is InChI=1S/C25H29ClN2O3S/c1-3-4-5-14-30-19-10-8-18(9-11-19)24(29)28(16-20-7-6-15-31-20)25-27-23-17(2)21(26)12-13-22(23)32-25/h8-13,20H,3-7,14-16H2,1-2H3. The Balaban J connectivity index is 1.57. The summed E-state index contributed by atoms with van der Waals surface area (Å²) < 4.78 is 12.6. The Kier molecular flexibility index (Phi) is 7.66. The predicted octanol–water partition coefficient (Wildman–Crippen LogP) is 6.65. The SMILES string of the molecule is CCCCCOc1ccc(C(=O)N(CC2CCCO2)c2nc3c(C)c(Cl)ccc3s2)cc1. The van der Waals surface area contributed by atoms with Crippen LogP contribution in [0.25, 0.3) is 10.2 Å². The number of halogens is 1. The summed E-state index contributed by atoms with van der Waals surface area (Å²) in [5.41, 5.74) is 2.39. The summed E-state index contributed by atoms with van der Waals surface area (Å²) in [6.07, 6.45) is 5.34. The largest absolute Gasteiger partial charge is 0.494 e. The van der Waals surface area contributed by atoms with Crippen molar-refractivity contribution in [2.75, 3.05) is 24.7 Å². The van der Waals surface area contributed by atoms with Crippen LogP contribution in [0.4, 0.5) is 5.13 Å². The molecule has 2 aromatic carbocycles. The smallest absolute Gasteiger partial charge is 0.260 e. The molecule has 0 bridgehead atoms. The summed E-state index contributed by atoms with van der Waals surface area (Å²) in [7, 11) is 0. The van der Waals surface area contributed by atoms with Crippen LogP contribution in [-0.2, 0) is 4.74 Å². The molecule has 1 aliphatic heterocycles. The highest BCUT2D eigenvalue weighted by molar-refractivity contribution is 7.22. The Hall–Kier alpha value is -2.15. The maximum atomic E-state index is 13.5. The molecule has 3 aromatic rings. The van der Waals surface area contributed by atoms with Crippen LogP contribution in [0.1, 0.15) is 54.9 Å². The van der Waals surface area contributed by atoms with Gasteiger partial charge in [0, 0.05) is 17.2 Å². The molecule has 0 saturated carbocycles. The van der Waals surface area contributed by atoms with Crippen molar-refractivity contribution in [2.24, 2.45) is 0 Å². The molecule has 1 unspecified atom stereocenters. The van der Waals surface area contributed by atoms with Gasteiger partial charge in [-0.25, -0.2) is 4.98 Å². The maximum absolute atomic E-state index is 13.5. The quantitative estimate of drug-likeness (QED) is 0.327. The van der Waals surface area contributed by atoms with Crippen molar-refractivity contribution in [3.8, 4) is 5.75 Å². The first-order valence-electron chi connectivity index (χ1n) is 11.3. The van der Waals surface area contributed by atoms with Crippen LogP contribution in [0.3, 0.4) is 0 Å². The van der Waals surface area contributed by atoms with Crippen molar-refractivity contribution >= 4 is 44.2 Å². The Bertz CT molecular complexity index is 1060. The van der Waals surface area contributed by atoms with Gasteiger partial charge < -0.3 is 9.47 Å². The molecule has 1 fully saturated rings. The fourth-order valence-corrected chi connectivity index (χ4v) is 5.02. The van der Waals surface area contributed by atoms with Crippen LogP contribution in [0.5, 0.6) is 5.75 Å². The van der Waals surface area contributed by atoms with E-state index in [4.69, 9.17) is 26.1 Å². The number of carbonyl (C=O) groups is 1. The molecule has 4 rings (SSSR count). The van der Waals surface area contributed by atoms with E-state index in [0.717, 1.165) is 60.2 Å². The van der Waals surface area contributed by atoms with Gasteiger partial charge in [-0.3, -0.25) is 9.69 Å². The van der Waals surface area contributed by atoms with E-state index in [2.05, 4.69) is 6.92 Å². The molecule has 0 aliphatic carbocycles. The summed E-state index contributed by atoms with van der Waals surface area (Å²) in [5, 5.41) is 1.35. The molecule has 1 saturated heterocycles. The van der Waals surface area contributed by atoms with Gasteiger partial charge in [0.2, 0.25) is 0 Å². The summed E-state index contributed by atoms with van der Waals surface area (Å²) in [4.78, 5) is 20.1. The highest BCUT2D eigenvalue weighted by Crippen LogP contribution is 2.34. The van der Waals surface area contributed by atoms with Crippen molar-refractivity contribution in [1.82, 2.24) is 4.98 Å². The van der Waals surface area contributed by atoms with Crippen molar-refractivity contribution in [3.05, 3.63) is 52.5 Å². The third-order valence-electron chi connectivity index (χ3n) is 5.74. The fraction of sp³-hybridized carbons (Fsp3) is 0.440. The normalized spacial score (nSPS) is 15.9. The number of ether oxygens (including phenoxy) is 2. The summed E-state index contributed by atoms with van der Waals surface area (Å²) >= 11 is 7.80. The molecule has 1 aliphatic rings. The van der Waals surface area contributed by atoms with Gasteiger partial charge in [0.1, 0.15) is 5.75 Å². The number of rotatable bonds is 9. The lowest BCUT2D eigenvalue weighted by Crippen LogP contribution is -2.37. The van der Waals surface area contributed by atoms with E-state index in [9.17, 15) is 4.79 Å². The molecule has 32 heavy (non-hydrogen) atoms. The Morgan fingerprint density at radius 2 is 2.06 bits per heavy atom. The zero-order valence-electron chi connectivity index (χ0n) is 18.6. The van der Waals surface area contributed by atoms with Gasteiger partial charge in [0.15, 0.2) is 5.13 Å². The lowest BCUT2D eigenvalue weighted by Gasteiger charge is -2.23. The lowest BCUT2D eigenvalue weighted by atomic mass is 10.1. The zero-order chi connectivity index (χ0) is 22.5. The number of fused-ring (bicyclic) bond motifs is 1. The monoisotopic (exact) mass is 472 g/mol. The number of thiazole rings is 1. The minimum Gasteiger partial charge on any atom is -0.494 e. The first-order chi connectivity index (χ1) is 15.6. The molecule has 1 aromatic heterocycles. The zero-order valence-corrected chi connectivity index (χ0v) is 20.2. The van der Waals surface area contributed by atoms with Crippen molar-refractivity contribution in [3.63, 3.8) is 0 Å². The molecule has 170 valence electrons. The molecule has 1 atom stereocenters. The number of amides is 1. The topological polar surface area (TPSA) is 51.7 Å². The highest BCUT2D eigenvalue weighted by atomic mass is 35.5. The van der Waals surface area contributed by atoms with E-state index in [1.807, 2.05) is 43.3 Å². The van der Waals surface area contributed by atoms with Gasteiger partial charge in [-0.05, 0) is 68.1 Å². The first-order valence-corrected chi connectivity index (χ1v) is 12.5. The number of anilines is 1. The van der Waals surface area contributed by atoms with Crippen LogP contribution >= 0.6 is 22.9 Å². The second-order valence-corrected chi connectivity index (χ2v) is 9.56. The average Bonchev–Trinajstić information content (AvgIpc) is 3.48. The third-order valence-corrected chi connectivity index (χ3v) is 7.19. The second kappa shape index (κ2) is 10.6. The molecule has 0 radical (unpaired) electrons. The number of aromatic nitrogens is 1. The van der Waals surface area contributed by atoms with E-state index in [-0.39, 0.29) is 12.0 Å². The number of hydrogen-bond donors (Lipinski definition) is 0. The van der Waals surface area contributed by atoms with E-state index in [1.165, 1.54) is 11.3 Å². The van der Waals surface area contributed by atoms with Crippen LogP contribution in [0.15, 0.2) is 36.4 Å². The molecule has 7 heteroatoms. The molecule has 0 spiro atoms. The van der Waals surface area contributed by atoms with Crippen molar-refractivity contribution < 1.29 is 14.3 Å². The van der Waals surface area contributed by atoms with Gasteiger partial charge in [-0.15, -0.1) is 0 Å². The molecule has 0 N–H and O–H groups in total. The average molecular weight is 473 g/mol. The third kappa shape index (κ3) is 5.25. The number of hydrogen-bond acceptors (Lipinski definition) is 5. The Labute approximate surface area is 198 Å². The highest BCUT2D eigenvalue weighted by Gasteiger charge is 2.27. The second-order valence-electron chi connectivity index (χ2n) is 8.15. The first kappa shape index (κ1) is 23.0. The number of benzene rings is 2. The summed E-state index contributed by atoms with van der Waals surface area (Å²) in [5.74, 6) is 0.703. The van der Waals surface area contributed by atoms with Crippen LogP contribution in [0.2, 0.25) is 5.02 Å². The minimum atomic E-state index is -0.0826. The Morgan fingerprint density at radius 3 is 2.78 bits per heavy atom. The van der Waals surface area contributed by atoms with Gasteiger partial charge in [0.25, 0.3) is 5.91 Å². The van der Waals surface area contributed by atoms with Crippen LogP contribution < -0.4 is 9.64 Å². The van der Waals surface area contributed by atoms with Crippen molar-refractivity contribution in [2.45, 2.75) is 52.1 Å². The number of carbonyl (C=O) groups excluding carboxylic acids is 1. The summed E-state index contributed by atoms with van der Waals surface area (Å²) in [6.45, 7) is 6.05. The number of nitrogens with zero attached hydrogens (tertiary/aromatic N) is 2. The molecule has 5 nitrogen and oxygen atoms in total. The van der Waals surface area contributed by atoms with Gasteiger partial charge >= 0.3 is 0 Å². The van der Waals surface area contributed by atoms with Crippen LogP contribution in [-0.4, -0.2) is 36.8 Å². The van der Waals surface area contributed by atoms with Gasteiger partial charge in [-0.1, -0.05) is 42.7 Å². The van der Waals surface area contributed by atoms with Crippen molar-refractivity contribution in [1.29, 1.82) is 0 Å². The number of aryl methyl sites for hydroxylation is 1. The molecular weight excluding hydrogens is 444 g/mol. The molecule has 2 heterocycles. The number of unbranched alkanes of at least 4 members (excludes halogenated alkanes) is 2.